The van der Waals surface area contributed by atoms with Gasteiger partial charge in [0.2, 0.25) is 5.91 Å². The van der Waals surface area contributed by atoms with Crippen molar-refractivity contribution in [3.05, 3.63) is 34.7 Å². The van der Waals surface area contributed by atoms with Crippen molar-refractivity contribution in [3.63, 3.8) is 0 Å². The van der Waals surface area contributed by atoms with E-state index in [9.17, 15) is 24.1 Å². The van der Waals surface area contributed by atoms with E-state index in [1.165, 1.54) is 38.1 Å². The Bertz CT molecular complexity index is 1040. The number of rotatable bonds is 13. The number of carbonyl (C=O) groups is 3. The Hall–Kier alpha value is -2.33. The van der Waals surface area contributed by atoms with E-state index in [1.54, 1.807) is 0 Å². The number of nitrogens with one attached hydrogen (secondary N) is 2. The molecule has 2 aromatic rings. The molecule has 34 heavy (non-hydrogen) atoms. The fourth-order valence-corrected chi connectivity index (χ4v) is 6.19. The monoisotopic (exact) mass is 516 g/mol. The number of aromatic carboxylic acids is 1. The highest BCUT2D eigenvalue weighted by Gasteiger charge is 2.40. The Morgan fingerprint density at radius 1 is 1.03 bits per heavy atom. The number of halogens is 1. The molecular formula is C22H30FN2O7PS. The number of hydrogen-bond acceptors (Lipinski definition) is 7. The van der Waals surface area contributed by atoms with Gasteiger partial charge in [-0.05, 0) is 55.8 Å². The quantitative estimate of drug-likeness (QED) is 0.258. The summed E-state index contributed by atoms with van der Waals surface area (Å²) in [6.07, 6.45) is 1.17. The average Bonchev–Trinajstić information content (AvgIpc) is 3.24. The third kappa shape index (κ3) is 7.09. The van der Waals surface area contributed by atoms with Crippen LogP contribution in [-0.4, -0.2) is 48.3 Å². The third-order valence-electron chi connectivity index (χ3n) is 4.72. The standard InChI is InChI=1S/C22H30FN2O7PS/c1-5-9-31-21(28)13(3)24-33(30,25-14(4)22(29)32-10-6-2)19(23)15-7-8-17-16(11-15)12-18(34-17)20(26)27/h7-8,11-14,19H,5-6,9-10H2,1-4H3,(H,26,27)(H2,24,25,30)/t13-,14-,19?/m0/s1. The van der Waals surface area contributed by atoms with Crippen molar-refractivity contribution in [1.29, 1.82) is 0 Å². The molecule has 0 aliphatic rings. The maximum Gasteiger partial charge on any atom is 0.345 e. The van der Waals surface area contributed by atoms with Crippen LogP contribution in [-0.2, 0) is 23.6 Å². The molecule has 1 aromatic heterocycles. The molecule has 1 aromatic carbocycles. The molecule has 0 spiro atoms. The van der Waals surface area contributed by atoms with Gasteiger partial charge >= 0.3 is 17.9 Å². The van der Waals surface area contributed by atoms with Crippen LogP contribution in [0.4, 0.5) is 4.39 Å². The highest BCUT2D eigenvalue weighted by atomic mass is 32.1. The number of carboxylic acid groups (broad SMARTS) is 1. The molecule has 12 heteroatoms. The van der Waals surface area contributed by atoms with Crippen LogP contribution >= 0.6 is 18.8 Å². The summed E-state index contributed by atoms with van der Waals surface area (Å²) in [5, 5.41) is 14.7. The van der Waals surface area contributed by atoms with E-state index in [1.807, 2.05) is 13.8 Å². The van der Waals surface area contributed by atoms with Gasteiger partial charge < -0.3 is 14.6 Å². The smallest absolute Gasteiger partial charge is 0.345 e. The van der Waals surface area contributed by atoms with Crippen molar-refractivity contribution in [2.75, 3.05) is 13.2 Å². The van der Waals surface area contributed by atoms with Crippen LogP contribution in [0.15, 0.2) is 24.3 Å². The van der Waals surface area contributed by atoms with Gasteiger partial charge in [0.15, 0.2) is 0 Å². The predicted molar refractivity (Wildman–Crippen MR) is 128 cm³/mol. The van der Waals surface area contributed by atoms with Crippen molar-refractivity contribution in [2.45, 2.75) is 58.5 Å². The zero-order chi connectivity index (χ0) is 25.5. The first-order valence-corrected chi connectivity index (χ1v) is 13.5. The highest BCUT2D eigenvalue weighted by molar-refractivity contribution is 7.60. The number of ether oxygens (including phenoxy) is 2. The summed E-state index contributed by atoms with van der Waals surface area (Å²) in [6.45, 7) is 6.72. The number of fused-ring (bicyclic) bond motifs is 1. The molecule has 0 amide bonds. The second kappa shape index (κ2) is 12.4. The van der Waals surface area contributed by atoms with Gasteiger partial charge in [-0.15, -0.1) is 11.3 Å². The largest absolute Gasteiger partial charge is 0.477 e. The minimum Gasteiger partial charge on any atom is -0.477 e. The Morgan fingerprint density at radius 2 is 1.56 bits per heavy atom. The normalized spacial score (nSPS) is 14.4. The van der Waals surface area contributed by atoms with E-state index in [2.05, 4.69) is 10.2 Å². The molecule has 0 aliphatic heterocycles. The number of alkyl halides is 1. The predicted octanol–water partition coefficient (Wildman–Crippen LogP) is 4.62. The molecule has 0 saturated heterocycles. The molecule has 0 radical (unpaired) electrons. The summed E-state index contributed by atoms with van der Waals surface area (Å²) in [5.74, 6) is -4.69. The first kappa shape index (κ1) is 27.9. The second-order valence-electron chi connectivity index (χ2n) is 7.74. The van der Waals surface area contributed by atoms with Gasteiger partial charge in [-0.25, -0.2) is 19.4 Å². The summed E-state index contributed by atoms with van der Waals surface area (Å²) in [6, 6.07) is 3.47. The highest BCUT2D eigenvalue weighted by Crippen LogP contribution is 2.54. The van der Waals surface area contributed by atoms with Crippen LogP contribution in [0.5, 0.6) is 0 Å². The van der Waals surface area contributed by atoms with Crippen molar-refractivity contribution >= 4 is 46.8 Å². The molecule has 2 rings (SSSR count). The van der Waals surface area contributed by atoms with Crippen molar-refractivity contribution in [2.24, 2.45) is 0 Å². The van der Waals surface area contributed by atoms with Crippen LogP contribution in [0, 0.1) is 0 Å². The van der Waals surface area contributed by atoms with Gasteiger partial charge in [0.25, 0.3) is 7.44 Å². The number of thiophene rings is 1. The van der Waals surface area contributed by atoms with Crippen molar-refractivity contribution in [1.82, 2.24) is 10.2 Å². The Balaban J connectivity index is 2.37. The molecule has 0 fully saturated rings. The van der Waals surface area contributed by atoms with Gasteiger partial charge in [-0.3, -0.25) is 14.2 Å². The molecule has 1 heterocycles. The molecule has 0 bridgehead atoms. The van der Waals surface area contributed by atoms with E-state index in [-0.39, 0.29) is 23.7 Å². The molecule has 1 unspecified atom stereocenters. The summed E-state index contributed by atoms with van der Waals surface area (Å²) < 4.78 is 40.4. The summed E-state index contributed by atoms with van der Waals surface area (Å²) >= 11 is 1.03. The van der Waals surface area contributed by atoms with E-state index in [0.717, 1.165) is 11.3 Å². The molecule has 3 atom stereocenters. The van der Waals surface area contributed by atoms with E-state index >= 15 is 4.39 Å². The molecule has 0 aliphatic carbocycles. The Morgan fingerprint density at radius 3 is 2.03 bits per heavy atom. The lowest BCUT2D eigenvalue weighted by atomic mass is 10.2. The van der Waals surface area contributed by atoms with E-state index < -0.39 is 43.3 Å². The second-order valence-corrected chi connectivity index (χ2v) is 11.1. The topological polar surface area (TPSA) is 131 Å². The molecule has 0 saturated carbocycles. The Kier molecular flexibility index (Phi) is 10.2. The van der Waals surface area contributed by atoms with Crippen LogP contribution in [0.3, 0.4) is 0 Å². The summed E-state index contributed by atoms with van der Waals surface area (Å²) in [5.41, 5.74) is -0.00572. The lowest BCUT2D eigenvalue weighted by Gasteiger charge is -2.29. The van der Waals surface area contributed by atoms with Crippen LogP contribution in [0.2, 0.25) is 0 Å². The maximum absolute atomic E-state index is 15.8. The lowest BCUT2D eigenvalue weighted by Crippen LogP contribution is -2.42. The van der Waals surface area contributed by atoms with Gasteiger partial charge in [0, 0.05) is 4.70 Å². The maximum atomic E-state index is 15.8. The van der Waals surface area contributed by atoms with E-state index in [4.69, 9.17) is 9.47 Å². The molecule has 3 N–H and O–H groups in total. The van der Waals surface area contributed by atoms with Gasteiger partial charge in [-0.1, -0.05) is 19.9 Å². The average molecular weight is 517 g/mol. The fraction of sp³-hybridized carbons (Fsp3) is 0.500. The summed E-state index contributed by atoms with van der Waals surface area (Å²) in [7, 11) is -4.29. The zero-order valence-corrected chi connectivity index (χ0v) is 21.2. The van der Waals surface area contributed by atoms with Gasteiger partial charge in [0.1, 0.15) is 17.0 Å². The number of carboxylic acids is 1. The van der Waals surface area contributed by atoms with Crippen LogP contribution in [0.25, 0.3) is 10.1 Å². The zero-order valence-electron chi connectivity index (χ0n) is 19.5. The first-order chi connectivity index (χ1) is 16.0. The molecular weight excluding hydrogens is 486 g/mol. The van der Waals surface area contributed by atoms with Crippen molar-refractivity contribution < 1.29 is 37.9 Å². The number of hydrogen-bond donors (Lipinski definition) is 3. The third-order valence-corrected chi connectivity index (χ3v) is 8.30. The SMILES string of the molecule is CCCOC(=O)[C@H](C)NP(=O)(N[C@@H](C)C(=O)OCCC)C(F)c1ccc2sc(C(=O)O)cc2c1. The molecule has 188 valence electrons. The van der Waals surface area contributed by atoms with Gasteiger partial charge in [0.05, 0.1) is 13.2 Å². The fourth-order valence-electron chi connectivity index (χ4n) is 3.03. The number of benzene rings is 1. The minimum absolute atomic E-state index is 0.00572. The first-order valence-electron chi connectivity index (χ1n) is 10.9. The Labute approximate surface area is 201 Å². The van der Waals surface area contributed by atoms with Gasteiger partial charge in [-0.2, -0.15) is 0 Å². The van der Waals surface area contributed by atoms with Crippen LogP contribution in [0.1, 0.15) is 61.7 Å². The molecule has 9 nitrogen and oxygen atoms in total. The minimum atomic E-state index is -4.29. The lowest BCUT2D eigenvalue weighted by molar-refractivity contribution is -0.145. The van der Waals surface area contributed by atoms with E-state index in [0.29, 0.717) is 22.9 Å². The summed E-state index contributed by atoms with van der Waals surface area (Å²) in [4.78, 5) is 35.8. The number of esters is 2. The van der Waals surface area contributed by atoms with Crippen molar-refractivity contribution in [3.8, 4) is 0 Å². The van der Waals surface area contributed by atoms with Crippen LogP contribution < -0.4 is 10.2 Å². The number of carbonyl (C=O) groups excluding carboxylic acids is 2.